The second-order valence-electron chi connectivity index (χ2n) is 3.96. The Hall–Kier alpha value is 0.410. The zero-order valence-electron chi connectivity index (χ0n) is 9.69. The highest BCUT2D eigenvalue weighted by Gasteiger charge is 2.41. The van der Waals surface area contributed by atoms with Crippen LogP contribution in [0.3, 0.4) is 0 Å². The second-order valence-corrected chi connectivity index (χ2v) is 8.33. The maximum Gasteiger partial charge on any atom is 0.490 e. The largest absolute Gasteiger partial charge is 0.490 e. The van der Waals surface area contributed by atoms with Crippen LogP contribution >= 0.6 is 23.5 Å². The van der Waals surface area contributed by atoms with Gasteiger partial charge in [-0.3, -0.25) is 4.52 Å². The molecule has 1 saturated carbocycles. The van der Waals surface area contributed by atoms with Gasteiger partial charge in [-0.15, -0.1) is 0 Å². The van der Waals surface area contributed by atoms with Gasteiger partial charge < -0.3 is 19.6 Å². The van der Waals surface area contributed by atoms with Crippen molar-refractivity contribution in [3.8, 4) is 0 Å². The average Bonchev–Trinajstić information content (AvgIpc) is 2.11. The highest BCUT2D eigenvalue weighted by molar-refractivity contribution is 7.66. The molecule has 0 aromatic rings. The molecule has 4 N–H and O–H groups in total. The van der Waals surface area contributed by atoms with Crippen LogP contribution in [0.2, 0.25) is 0 Å². The van der Waals surface area contributed by atoms with Gasteiger partial charge in [-0.1, -0.05) is 19.3 Å². The number of hydrogen-bond donors (Lipinski definition) is 4. The molecule has 114 valence electrons. The number of phosphoric ester groups is 1. The molecule has 0 saturated heterocycles. The van der Waals surface area contributed by atoms with Crippen molar-refractivity contribution in [2.75, 3.05) is 0 Å². The monoisotopic (exact) mass is 340 g/mol. The zero-order valence-corrected chi connectivity index (χ0v) is 12.4. The van der Waals surface area contributed by atoms with Crippen molar-refractivity contribution in [2.24, 2.45) is 0 Å². The van der Waals surface area contributed by atoms with Gasteiger partial charge in [-0.05, 0) is 12.8 Å². The van der Waals surface area contributed by atoms with Crippen LogP contribution in [0.5, 0.6) is 0 Å². The Labute approximate surface area is 109 Å². The Kier molecular flexibility index (Phi) is 5.93. The lowest BCUT2D eigenvalue weighted by atomic mass is 9.98. The van der Waals surface area contributed by atoms with Crippen molar-refractivity contribution < 1.29 is 46.4 Å². The van der Waals surface area contributed by atoms with E-state index in [1.165, 1.54) is 0 Å². The fraction of sp³-hybridized carbons (Fsp3) is 1.00. The minimum Gasteiger partial charge on any atom is -0.302 e. The first-order chi connectivity index (χ1) is 8.49. The van der Waals surface area contributed by atoms with Crippen molar-refractivity contribution in [3.63, 3.8) is 0 Å². The molecule has 1 aliphatic rings. The predicted octanol–water partition coefficient (Wildman–Crippen LogP) is 1.66. The normalized spacial score (nSPS) is 24.6. The van der Waals surface area contributed by atoms with Gasteiger partial charge in [0.15, 0.2) is 0 Å². The molecule has 0 radical (unpaired) electrons. The molecule has 0 bridgehead atoms. The maximum absolute atomic E-state index is 11.4. The lowest BCUT2D eigenvalue weighted by molar-refractivity contribution is 0.100. The van der Waals surface area contributed by atoms with Gasteiger partial charge in [0.1, 0.15) is 0 Å². The summed E-state index contributed by atoms with van der Waals surface area (Å²) in [5.74, 6) is 0. The highest BCUT2D eigenvalue weighted by Crippen LogP contribution is 2.66. The summed E-state index contributed by atoms with van der Waals surface area (Å²) >= 11 is 0. The molecular weight excluding hydrogens is 325 g/mol. The fourth-order valence-corrected chi connectivity index (χ4v) is 4.91. The van der Waals surface area contributed by atoms with Gasteiger partial charge in [0.05, 0.1) is 6.10 Å². The standard InChI is InChI=1S/C6H15O10P3/c7-17(8,9)15-19(12,13)16-18(10,11)14-6-4-2-1-3-5-6/h6H,1-5H2,(H,10,11)(H,12,13)(H2,7,8,9). The molecule has 2 unspecified atom stereocenters. The number of rotatable bonds is 6. The summed E-state index contributed by atoms with van der Waals surface area (Å²) in [6.45, 7) is 0. The van der Waals surface area contributed by atoms with E-state index in [-0.39, 0.29) is 0 Å². The maximum atomic E-state index is 11.4. The molecule has 2 atom stereocenters. The van der Waals surface area contributed by atoms with E-state index in [1.807, 2.05) is 0 Å². The topological polar surface area (TPSA) is 160 Å². The first-order valence-electron chi connectivity index (χ1n) is 5.31. The molecule has 1 fully saturated rings. The molecule has 0 spiro atoms. The van der Waals surface area contributed by atoms with E-state index in [0.717, 1.165) is 19.3 Å². The summed E-state index contributed by atoms with van der Waals surface area (Å²) < 4.78 is 44.7. The van der Waals surface area contributed by atoms with E-state index in [0.29, 0.717) is 12.8 Å². The zero-order chi connectivity index (χ0) is 14.7. The quantitative estimate of drug-likeness (QED) is 0.523. The van der Waals surface area contributed by atoms with E-state index in [9.17, 15) is 18.6 Å². The smallest absolute Gasteiger partial charge is 0.302 e. The van der Waals surface area contributed by atoms with Gasteiger partial charge in [-0.25, -0.2) is 13.7 Å². The van der Waals surface area contributed by atoms with Crippen molar-refractivity contribution >= 4 is 23.5 Å². The first-order valence-corrected chi connectivity index (χ1v) is 9.83. The summed E-state index contributed by atoms with van der Waals surface area (Å²) in [6.07, 6.45) is 2.88. The molecule has 0 amide bonds. The van der Waals surface area contributed by atoms with Gasteiger partial charge in [-0.2, -0.15) is 8.62 Å². The van der Waals surface area contributed by atoms with E-state index in [4.69, 9.17) is 14.7 Å². The van der Waals surface area contributed by atoms with Crippen LogP contribution in [0.1, 0.15) is 32.1 Å². The molecule has 0 aromatic heterocycles. The molecule has 1 rings (SSSR count). The Balaban J connectivity index is 2.60. The molecule has 10 nitrogen and oxygen atoms in total. The third kappa shape index (κ3) is 7.68. The fourth-order valence-electron chi connectivity index (χ4n) is 1.66. The van der Waals surface area contributed by atoms with E-state index in [1.54, 1.807) is 0 Å². The molecular formula is C6H15O10P3. The lowest BCUT2D eigenvalue weighted by Gasteiger charge is -2.24. The van der Waals surface area contributed by atoms with Gasteiger partial charge >= 0.3 is 23.5 Å². The Morgan fingerprint density at radius 3 is 1.79 bits per heavy atom. The van der Waals surface area contributed by atoms with Gasteiger partial charge in [0.25, 0.3) is 0 Å². The molecule has 1 aliphatic carbocycles. The summed E-state index contributed by atoms with van der Waals surface area (Å²) in [5.41, 5.74) is 0. The minimum atomic E-state index is -5.40. The highest BCUT2D eigenvalue weighted by atomic mass is 31.3. The third-order valence-corrected chi connectivity index (χ3v) is 6.14. The summed E-state index contributed by atoms with van der Waals surface area (Å²) in [7, 11) is -15.7. The van der Waals surface area contributed by atoms with E-state index < -0.39 is 29.6 Å². The van der Waals surface area contributed by atoms with E-state index >= 15 is 0 Å². The Morgan fingerprint density at radius 2 is 1.32 bits per heavy atom. The third-order valence-electron chi connectivity index (χ3n) is 2.25. The molecule has 0 aromatic carbocycles. The van der Waals surface area contributed by atoms with Crippen molar-refractivity contribution in [3.05, 3.63) is 0 Å². The van der Waals surface area contributed by atoms with Crippen molar-refractivity contribution in [1.29, 1.82) is 0 Å². The van der Waals surface area contributed by atoms with Crippen LogP contribution in [-0.4, -0.2) is 25.7 Å². The summed E-state index contributed by atoms with van der Waals surface area (Å²) in [4.78, 5) is 34.8. The Morgan fingerprint density at radius 1 is 0.789 bits per heavy atom. The lowest BCUT2D eigenvalue weighted by Crippen LogP contribution is -2.15. The molecule has 19 heavy (non-hydrogen) atoms. The minimum absolute atomic E-state index is 0.489. The molecule has 0 aliphatic heterocycles. The van der Waals surface area contributed by atoms with Crippen LogP contribution in [-0.2, 0) is 26.8 Å². The van der Waals surface area contributed by atoms with Crippen LogP contribution in [0.15, 0.2) is 0 Å². The van der Waals surface area contributed by atoms with Crippen LogP contribution < -0.4 is 0 Å². The predicted molar refractivity (Wildman–Crippen MR) is 61.8 cm³/mol. The second kappa shape index (κ2) is 6.45. The summed E-state index contributed by atoms with van der Waals surface area (Å²) in [5, 5.41) is 0. The Bertz CT molecular complexity index is 437. The van der Waals surface area contributed by atoms with Crippen molar-refractivity contribution in [2.45, 2.75) is 38.2 Å². The number of phosphoric acid groups is 3. The van der Waals surface area contributed by atoms with Gasteiger partial charge in [0, 0.05) is 0 Å². The van der Waals surface area contributed by atoms with Crippen molar-refractivity contribution in [1.82, 2.24) is 0 Å². The molecule has 13 heteroatoms. The van der Waals surface area contributed by atoms with Crippen LogP contribution in [0, 0.1) is 0 Å². The summed E-state index contributed by atoms with van der Waals surface area (Å²) in [6, 6.07) is 0. The molecule has 0 heterocycles. The van der Waals surface area contributed by atoms with Crippen LogP contribution in [0.4, 0.5) is 0 Å². The van der Waals surface area contributed by atoms with Crippen LogP contribution in [0.25, 0.3) is 0 Å². The average molecular weight is 340 g/mol. The SMILES string of the molecule is O=P(O)(O)OP(=O)(O)OP(=O)(O)OC1CCCCC1. The van der Waals surface area contributed by atoms with Gasteiger partial charge in [0.2, 0.25) is 0 Å². The number of hydrogen-bond acceptors (Lipinski definition) is 6. The first kappa shape index (κ1) is 17.5. The van der Waals surface area contributed by atoms with E-state index in [2.05, 4.69) is 13.1 Å².